The highest BCUT2D eigenvalue weighted by Gasteiger charge is 2.33. The molecule has 0 aromatic heterocycles. The van der Waals surface area contributed by atoms with Gasteiger partial charge in [-0.3, -0.25) is 9.59 Å². The van der Waals surface area contributed by atoms with E-state index in [0.29, 0.717) is 24.2 Å². The summed E-state index contributed by atoms with van der Waals surface area (Å²) in [5.74, 6) is -0.943. The molecule has 6 heteroatoms. The molecule has 2 rings (SSSR count). The predicted octanol–water partition coefficient (Wildman–Crippen LogP) is -0.0139. The average molecular weight is 249 g/mol. The van der Waals surface area contributed by atoms with Crippen molar-refractivity contribution in [2.45, 2.75) is 19.3 Å². The number of amides is 2. The number of primary amides is 2. The minimum Gasteiger partial charge on any atom is -0.387 e. The number of nitrogens with two attached hydrogens (primary N) is 2. The molecule has 1 unspecified atom stereocenters. The smallest absolute Gasteiger partial charge is 0.245 e. The van der Waals surface area contributed by atoms with Crippen molar-refractivity contribution in [1.29, 1.82) is 0 Å². The summed E-state index contributed by atoms with van der Waals surface area (Å²) >= 11 is 0. The Morgan fingerprint density at radius 2 is 2.11 bits per heavy atom. The Morgan fingerprint density at radius 1 is 1.33 bits per heavy atom. The van der Waals surface area contributed by atoms with Gasteiger partial charge in [0, 0.05) is 17.3 Å². The number of allylic oxidation sites excluding steroid dienone is 3. The molecule has 0 saturated heterocycles. The van der Waals surface area contributed by atoms with Gasteiger partial charge >= 0.3 is 0 Å². The summed E-state index contributed by atoms with van der Waals surface area (Å²) in [6, 6.07) is 0. The van der Waals surface area contributed by atoms with Crippen LogP contribution in [0.5, 0.6) is 0 Å². The van der Waals surface area contributed by atoms with Crippen LogP contribution in [0.3, 0.4) is 0 Å². The highest BCUT2D eigenvalue weighted by atomic mass is 16.6. The van der Waals surface area contributed by atoms with E-state index in [9.17, 15) is 9.59 Å². The van der Waals surface area contributed by atoms with Crippen LogP contribution >= 0.6 is 0 Å². The molecule has 6 nitrogen and oxygen atoms in total. The Morgan fingerprint density at radius 3 is 2.67 bits per heavy atom. The van der Waals surface area contributed by atoms with E-state index in [1.807, 2.05) is 0 Å². The van der Waals surface area contributed by atoms with Crippen molar-refractivity contribution < 1.29 is 14.4 Å². The summed E-state index contributed by atoms with van der Waals surface area (Å²) in [5, 5.41) is 0. The van der Waals surface area contributed by atoms with Gasteiger partial charge in [0.25, 0.3) is 0 Å². The average Bonchev–Trinajstić information content (AvgIpc) is 2.38. The van der Waals surface area contributed by atoms with Gasteiger partial charge in [0.05, 0.1) is 5.92 Å². The highest BCUT2D eigenvalue weighted by Crippen LogP contribution is 2.35. The molecule has 0 radical (unpaired) electrons. The maximum Gasteiger partial charge on any atom is 0.245 e. The summed E-state index contributed by atoms with van der Waals surface area (Å²) in [7, 11) is 0. The van der Waals surface area contributed by atoms with E-state index in [0.717, 1.165) is 6.42 Å². The molecule has 0 saturated carbocycles. The van der Waals surface area contributed by atoms with Crippen LogP contribution in [0.1, 0.15) is 19.3 Å². The topological polar surface area (TPSA) is 107 Å². The minimum atomic E-state index is -0.618. The monoisotopic (exact) mass is 249 g/mol. The van der Waals surface area contributed by atoms with Crippen molar-refractivity contribution in [1.82, 2.24) is 5.48 Å². The quantitative estimate of drug-likeness (QED) is 0.653. The molecule has 0 spiro atoms. The standard InChI is InChI=1S/C12H15N3O3/c13-11(16)8-4-1-3-7(10(8)12(14)17)9-5-2-6-15-18-9/h2,5-7,15H,1,3-4H2,(H2,13,16)(H2,14,17). The zero-order chi connectivity index (χ0) is 13.1. The second kappa shape index (κ2) is 4.95. The zero-order valence-electron chi connectivity index (χ0n) is 9.81. The van der Waals surface area contributed by atoms with Crippen LogP contribution in [0.4, 0.5) is 0 Å². The first kappa shape index (κ1) is 12.2. The SMILES string of the molecule is NC(=O)C1=C(C(N)=O)C(C2=CC=CNO2)CCC1. The highest BCUT2D eigenvalue weighted by molar-refractivity contribution is 6.04. The van der Waals surface area contributed by atoms with Gasteiger partial charge in [-0.05, 0) is 31.4 Å². The molecule has 2 amide bonds. The van der Waals surface area contributed by atoms with Crippen LogP contribution in [0.2, 0.25) is 0 Å². The van der Waals surface area contributed by atoms with E-state index in [1.54, 1.807) is 18.4 Å². The van der Waals surface area contributed by atoms with Crippen LogP contribution in [-0.4, -0.2) is 11.8 Å². The summed E-state index contributed by atoms with van der Waals surface area (Å²) in [4.78, 5) is 28.2. The molecule has 18 heavy (non-hydrogen) atoms. The Bertz CT molecular complexity index is 477. The number of hydrogen-bond acceptors (Lipinski definition) is 4. The number of carbonyl (C=O) groups excluding carboxylic acids is 2. The number of rotatable bonds is 3. The maximum atomic E-state index is 11.6. The van der Waals surface area contributed by atoms with Gasteiger partial charge in [0.2, 0.25) is 11.8 Å². The van der Waals surface area contributed by atoms with E-state index in [-0.39, 0.29) is 11.5 Å². The van der Waals surface area contributed by atoms with Crippen LogP contribution in [0, 0.1) is 5.92 Å². The van der Waals surface area contributed by atoms with Gasteiger partial charge in [-0.15, -0.1) is 0 Å². The number of nitrogens with one attached hydrogen (secondary N) is 1. The molecule has 2 aliphatic rings. The van der Waals surface area contributed by atoms with E-state index in [4.69, 9.17) is 16.3 Å². The van der Waals surface area contributed by atoms with Crippen molar-refractivity contribution in [3.05, 3.63) is 35.3 Å². The van der Waals surface area contributed by atoms with Gasteiger partial charge < -0.3 is 16.3 Å². The Balaban J connectivity index is 2.42. The Hall–Kier alpha value is -2.24. The van der Waals surface area contributed by atoms with E-state index in [2.05, 4.69) is 5.48 Å². The summed E-state index contributed by atoms with van der Waals surface area (Å²) < 4.78 is 0. The number of hydroxylamine groups is 1. The largest absolute Gasteiger partial charge is 0.387 e. The lowest BCUT2D eigenvalue weighted by molar-refractivity contribution is -0.118. The first-order chi connectivity index (χ1) is 8.61. The van der Waals surface area contributed by atoms with Crippen LogP contribution < -0.4 is 16.9 Å². The van der Waals surface area contributed by atoms with E-state index in [1.165, 1.54) is 0 Å². The molecular weight excluding hydrogens is 234 g/mol. The van der Waals surface area contributed by atoms with E-state index >= 15 is 0 Å². The molecule has 1 aliphatic heterocycles. The minimum absolute atomic E-state index is 0.275. The lowest BCUT2D eigenvalue weighted by atomic mass is 9.80. The van der Waals surface area contributed by atoms with Crippen LogP contribution in [0.15, 0.2) is 35.3 Å². The fraction of sp³-hybridized carbons (Fsp3) is 0.333. The molecule has 96 valence electrons. The molecule has 0 bridgehead atoms. The van der Waals surface area contributed by atoms with Gasteiger partial charge in [0.1, 0.15) is 5.76 Å². The third kappa shape index (κ3) is 2.22. The Labute approximate surface area is 104 Å². The Kier molecular flexibility index (Phi) is 3.36. The van der Waals surface area contributed by atoms with E-state index < -0.39 is 11.8 Å². The fourth-order valence-electron chi connectivity index (χ4n) is 2.34. The van der Waals surface area contributed by atoms with Gasteiger partial charge in [-0.1, -0.05) is 0 Å². The zero-order valence-corrected chi connectivity index (χ0v) is 9.81. The van der Waals surface area contributed by atoms with Gasteiger partial charge in [-0.25, -0.2) is 5.48 Å². The van der Waals surface area contributed by atoms with Crippen LogP contribution in [-0.2, 0) is 14.4 Å². The molecule has 0 aromatic carbocycles. The molecule has 1 aliphatic carbocycles. The summed E-state index contributed by atoms with van der Waals surface area (Å²) in [6.07, 6.45) is 7.08. The molecule has 1 heterocycles. The van der Waals surface area contributed by atoms with Crippen molar-refractivity contribution in [3.8, 4) is 0 Å². The second-order valence-corrected chi connectivity index (χ2v) is 4.21. The van der Waals surface area contributed by atoms with Crippen molar-refractivity contribution in [2.24, 2.45) is 17.4 Å². The summed E-state index contributed by atoms with van der Waals surface area (Å²) in [5.41, 5.74) is 13.8. The molecule has 0 fully saturated rings. The van der Waals surface area contributed by atoms with Crippen molar-refractivity contribution in [3.63, 3.8) is 0 Å². The number of hydrogen-bond donors (Lipinski definition) is 3. The van der Waals surface area contributed by atoms with Gasteiger partial charge in [-0.2, -0.15) is 0 Å². The lowest BCUT2D eigenvalue weighted by Gasteiger charge is -2.27. The van der Waals surface area contributed by atoms with Crippen molar-refractivity contribution in [2.75, 3.05) is 0 Å². The van der Waals surface area contributed by atoms with Crippen LogP contribution in [0.25, 0.3) is 0 Å². The fourth-order valence-corrected chi connectivity index (χ4v) is 2.34. The van der Waals surface area contributed by atoms with Gasteiger partial charge in [0.15, 0.2) is 0 Å². The number of carbonyl (C=O) groups is 2. The molecule has 5 N–H and O–H groups in total. The maximum absolute atomic E-state index is 11.6. The van der Waals surface area contributed by atoms with Crippen molar-refractivity contribution >= 4 is 11.8 Å². The molecule has 0 aromatic rings. The predicted molar refractivity (Wildman–Crippen MR) is 64.2 cm³/mol. The first-order valence-electron chi connectivity index (χ1n) is 5.73. The lowest BCUT2D eigenvalue weighted by Crippen LogP contribution is -2.32. The second-order valence-electron chi connectivity index (χ2n) is 4.21. The first-order valence-corrected chi connectivity index (χ1v) is 5.73. The third-order valence-electron chi connectivity index (χ3n) is 3.10. The third-order valence-corrected chi connectivity index (χ3v) is 3.10. The normalized spacial score (nSPS) is 22.9. The molecule has 1 atom stereocenters. The summed E-state index contributed by atoms with van der Waals surface area (Å²) in [6.45, 7) is 0. The molecular formula is C12H15N3O3.